The van der Waals surface area contributed by atoms with Crippen molar-refractivity contribution < 1.29 is 19.5 Å². The van der Waals surface area contributed by atoms with Crippen LogP contribution in [-0.4, -0.2) is 38.9 Å². The van der Waals surface area contributed by atoms with Crippen LogP contribution >= 0.6 is 0 Å². The van der Waals surface area contributed by atoms with Crippen LogP contribution in [0.3, 0.4) is 0 Å². The van der Waals surface area contributed by atoms with Crippen LogP contribution in [-0.2, 0) is 16.6 Å². The highest BCUT2D eigenvalue weighted by Gasteiger charge is 2.14. The molecule has 0 aliphatic rings. The van der Waals surface area contributed by atoms with Crippen molar-refractivity contribution in [2.75, 3.05) is 0 Å². The molecule has 1 aromatic rings. The molecule has 1 unspecified atom stereocenters. The standard InChI is InChI=1S/C12H15N3O4/c1-15-8-13-6-10(15)12(19)14-9(7-16)4-2-3-5-11(17)18/h3,5-9H,2,4H2,1H3,(H,14,19)(H,17,18). The highest BCUT2D eigenvalue weighted by molar-refractivity contribution is 5.93. The zero-order valence-electron chi connectivity index (χ0n) is 10.4. The highest BCUT2D eigenvalue weighted by Crippen LogP contribution is 2.00. The Morgan fingerprint density at radius 1 is 1.58 bits per heavy atom. The Bertz CT molecular complexity index is 493. The number of imidazole rings is 1. The van der Waals surface area contributed by atoms with E-state index in [0.29, 0.717) is 24.8 Å². The summed E-state index contributed by atoms with van der Waals surface area (Å²) in [5.41, 5.74) is 0.355. The van der Waals surface area contributed by atoms with Gasteiger partial charge in [-0.15, -0.1) is 0 Å². The molecule has 0 saturated carbocycles. The van der Waals surface area contributed by atoms with E-state index in [4.69, 9.17) is 5.11 Å². The van der Waals surface area contributed by atoms with E-state index in [1.165, 1.54) is 18.6 Å². The SMILES string of the molecule is Cn1cncc1C(=O)NC(C=O)CCC=CC(=O)O. The molecule has 0 fully saturated rings. The molecular formula is C12H15N3O4. The average Bonchev–Trinajstić information content (AvgIpc) is 2.79. The molecule has 0 saturated heterocycles. The first-order valence-electron chi connectivity index (χ1n) is 5.66. The molecule has 2 N–H and O–H groups in total. The van der Waals surface area contributed by atoms with E-state index in [1.807, 2.05) is 0 Å². The van der Waals surface area contributed by atoms with E-state index >= 15 is 0 Å². The summed E-state index contributed by atoms with van der Waals surface area (Å²) in [6.07, 6.45) is 6.70. The smallest absolute Gasteiger partial charge is 0.327 e. The number of carboxylic acids is 1. The van der Waals surface area contributed by atoms with E-state index in [0.717, 1.165) is 6.08 Å². The Balaban J connectivity index is 2.49. The van der Waals surface area contributed by atoms with Crippen molar-refractivity contribution in [1.82, 2.24) is 14.9 Å². The number of carbonyl (C=O) groups excluding carboxylic acids is 2. The number of carbonyl (C=O) groups is 3. The third-order valence-corrected chi connectivity index (χ3v) is 2.43. The minimum Gasteiger partial charge on any atom is -0.478 e. The number of rotatable bonds is 7. The Morgan fingerprint density at radius 3 is 2.84 bits per heavy atom. The van der Waals surface area contributed by atoms with Gasteiger partial charge in [-0.1, -0.05) is 6.08 Å². The summed E-state index contributed by atoms with van der Waals surface area (Å²) in [7, 11) is 1.67. The summed E-state index contributed by atoms with van der Waals surface area (Å²) in [6, 6.07) is -0.652. The second-order valence-electron chi connectivity index (χ2n) is 3.92. The number of allylic oxidation sites excluding steroid dienone is 1. The van der Waals surface area contributed by atoms with E-state index in [2.05, 4.69) is 10.3 Å². The number of aromatic nitrogens is 2. The zero-order valence-corrected chi connectivity index (χ0v) is 10.4. The lowest BCUT2D eigenvalue weighted by atomic mass is 10.1. The lowest BCUT2D eigenvalue weighted by molar-refractivity contribution is -0.131. The maximum absolute atomic E-state index is 11.8. The van der Waals surface area contributed by atoms with E-state index in [9.17, 15) is 14.4 Å². The van der Waals surface area contributed by atoms with Gasteiger partial charge in [0.2, 0.25) is 0 Å². The van der Waals surface area contributed by atoms with Crippen LogP contribution in [0.2, 0.25) is 0 Å². The monoisotopic (exact) mass is 265 g/mol. The van der Waals surface area contributed by atoms with Gasteiger partial charge < -0.3 is 19.8 Å². The molecule has 1 aromatic heterocycles. The lowest BCUT2D eigenvalue weighted by Gasteiger charge is -2.11. The van der Waals surface area contributed by atoms with Crippen molar-refractivity contribution in [3.8, 4) is 0 Å². The van der Waals surface area contributed by atoms with Crippen LogP contribution in [0, 0.1) is 0 Å². The van der Waals surface area contributed by atoms with Crippen molar-refractivity contribution in [2.24, 2.45) is 7.05 Å². The van der Waals surface area contributed by atoms with Gasteiger partial charge in [-0.3, -0.25) is 4.79 Å². The quantitative estimate of drug-likeness (QED) is 0.539. The van der Waals surface area contributed by atoms with Crippen LogP contribution in [0.4, 0.5) is 0 Å². The fourth-order valence-electron chi connectivity index (χ4n) is 1.45. The lowest BCUT2D eigenvalue weighted by Crippen LogP contribution is -2.36. The molecule has 0 radical (unpaired) electrons. The molecular weight excluding hydrogens is 250 g/mol. The maximum atomic E-state index is 11.8. The van der Waals surface area contributed by atoms with Gasteiger partial charge in [0.05, 0.1) is 18.6 Å². The Kier molecular flexibility index (Phi) is 5.46. The Morgan fingerprint density at radius 2 is 2.32 bits per heavy atom. The fraction of sp³-hybridized carbons (Fsp3) is 0.333. The highest BCUT2D eigenvalue weighted by atomic mass is 16.4. The number of amides is 1. The summed E-state index contributed by atoms with van der Waals surface area (Å²) in [6.45, 7) is 0. The third kappa shape index (κ3) is 4.74. The van der Waals surface area contributed by atoms with Gasteiger partial charge in [-0.2, -0.15) is 0 Å². The van der Waals surface area contributed by atoms with E-state index in [1.54, 1.807) is 11.6 Å². The number of nitrogens with one attached hydrogen (secondary N) is 1. The van der Waals surface area contributed by atoms with Crippen molar-refractivity contribution in [3.05, 3.63) is 30.4 Å². The van der Waals surface area contributed by atoms with Crippen molar-refractivity contribution in [2.45, 2.75) is 18.9 Å². The average molecular weight is 265 g/mol. The molecule has 19 heavy (non-hydrogen) atoms. The van der Waals surface area contributed by atoms with E-state index in [-0.39, 0.29) is 5.91 Å². The summed E-state index contributed by atoms with van der Waals surface area (Å²) in [5, 5.41) is 10.9. The molecule has 0 spiro atoms. The van der Waals surface area contributed by atoms with Gasteiger partial charge in [-0.25, -0.2) is 9.78 Å². The second kappa shape index (κ2) is 7.10. The third-order valence-electron chi connectivity index (χ3n) is 2.43. The summed E-state index contributed by atoms with van der Waals surface area (Å²) >= 11 is 0. The fourth-order valence-corrected chi connectivity index (χ4v) is 1.45. The minimum absolute atomic E-state index is 0.344. The summed E-state index contributed by atoms with van der Waals surface area (Å²) in [5.74, 6) is -1.43. The number of nitrogens with zero attached hydrogens (tertiary/aromatic N) is 2. The van der Waals surface area contributed by atoms with Gasteiger partial charge in [0.15, 0.2) is 0 Å². The molecule has 0 bridgehead atoms. The normalized spacial score (nSPS) is 12.3. The first kappa shape index (κ1) is 14.6. The van der Waals surface area contributed by atoms with Gasteiger partial charge in [0.25, 0.3) is 5.91 Å². The molecule has 1 heterocycles. The van der Waals surface area contributed by atoms with Gasteiger partial charge >= 0.3 is 5.97 Å². The van der Waals surface area contributed by atoms with Gasteiger partial charge in [0.1, 0.15) is 12.0 Å². The van der Waals surface area contributed by atoms with Crippen LogP contribution in [0.15, 0.2) is 24.7 Å². The van der Waals surface area contributed by atoms with Crippen LogP contribution in [0.1, 0.15) is 23.3 Å². The van der Waals surface area contributed by atoms with Gasteiger partial charge in [0, 0.05) is 13.1 Å². The zero-order chi connectivity index (χ0) is 14.3. The number of carboxylic acid groups (broad SMARTS) is 1. The molecule has 0 aromatic carbocycles. The number of hydrogen-bond donors (Lipinski definition) is 2. The van der Waals surface area contributed by atoms with Gasteiger partial charge in [-0.05, 0) is 12.8 Å². The number of aldehydes is 1. The summed E-state index contributed by atoms with van der Waals surface area (Å²) in [4.78, 5) is 36.7. The number of aliphatic carboxylic acids is 1. The molecule has 0 aliphatic heterocycles. The Hall–Kier alpha value is -2.44. The minimum atomic E-state index is -1.04. The molecule has 0 aliphatic carbocycles. The number of aryl methyl sites for hydroxylation is 1. The molecule has 1 amide bonds. The predicted molar refractivity (Wildman–Crippen MR) is 66.5 cm³/mol. The molecule has 7 nitrogen and oxygen atoms in total. The predicted octanol–water partition coefficient (Wildman–Crippen LogP) is 0.138. The van der Waals surface area contributed by atoms with Crippen molar-refractivity contribution in [3.63, 3.8) is 0 Å². The molecule has 1 rings (SSSR count). The molecule has 102 valence electrons. The van der Waals surface area contributed by atoms with Crippen LogP contribution < -0.4 is 5.32 Å². The molecule has 7 heteroatoms. The topological polar surface area (TPSA) is 101 Å². The summed E-state index contributed by atoms with van der Waals surface area (Å²) < 4.78 is 1.54. The van der Waals surface area contributed by atoms with Crippen molar-refractivity contribution in [1.29, 1.82) is 0 Å². The van der Waals surface area contributed by atoms with Crippen LogP contribution in [0.25, 0.3) is 0 Å². The molecule has 1 atom stereocenters. The maximum Gasteiger partial charge on any atom is 0.327 e. The second-order valence-corrected chi connectivity index (χ2v) is 3.92. The van der Waals surface area contributed by atoms with Crippen molar-refractivity contribution >= 4 is 18.2 Å². The Labute approximate surface area is 109 Å². The van der Waals surface area contributed by atoms with Crippen LogP contribution in [0.5, 0.6) is 0 Å². The first-order chi connectivity index (χ1) is 9.04. The first-order valence-corrected chi connectivity index (χ1v) is 5.66. The largest absolute Gasteiger partial charge is 0.478 e. The van der Waals surface area contributed by atoms with E-state index < -0.39 is 12.0 Å². The number of hydrogen-bond acceptors (Lipinski definition) is 4.